The maximum atomic E-state index is 12.7. The van der Waals surface area contributed by atoms with Gasteiger partial charge in [0.2, 0.25) is 0 Å². The number of nitrogens with one attached hydrogen (secondary N) is 1. The summed E-state index contributed by atoms with van der Waals surface area (Å²) in [5, 5.41) is 3.12. The molecule has 152 valence electrons. The monoisotopic (exact) mass is 406 g/mol. The number of aryl methyl sites for hydroxylation is 1. The molecular formula is C25H30N2OS. The maximum absolute atomic E-state index is 12.7. The number of carbonyl (C=O) groups excluding carboxylic acids is 1. The Morgan fingerprint density at radius 2 is 2.00 bits per heavy atom. The number of nitrogens with zero attached hydrogens (tertiary/aromatic N) is 1. The molecule has 0 atom stereocenters. The van der Waals surface area contributed by atoms with E-state index in [-0.39, 0.29) is 5.91 Å². The summed E-state index contributed by atoms with van der Waals surface area (Å²) in [6, 6.07) is 14.9. The fraction of sp³-hybridized carbons (Fsp3) is 0.400. The average Bonchev–Trinajstić information content (AvgIpc) is 2.76. The van der Waals surface area contributed by atoms with Crippen molar-refractivity contribution in [3.63, 3.8) is 0 Å². The molecule has 0 bridgehead atoms. The minimum atomic E-state index is 0.0371. The first kappa shape index (κ1) is 20.1. The van der Waals surface area contributed by atoms with Crippen LogP contribution in [-0.2, 0) is 6.54 Å². The summed E-state index contributed by atoms with van der Waals surface area (Å²) in [6.45, 7) is 4.73. The highest BCUT2D eigenvalue weighted by atomic mass is 32.2. The zero-order valence-corrected chi connectivity index (χ0v) is 18.1. The Bertz CT molecular complexity index is 888. The van der Waals surface area contributed by atoms with E-state index in [2.05, 4.69) is 59.6 Å². The molecule has 3 nitrogen and oxygen atoms in total. The van der Waals surface area contributed by atoms with Gasteiger partial charge < -0.3 is 10.2 Å². The van der Waals surface area contributed by atoms with Gasteiger partial charge in [0.15, 0.2) is 0 Å². The second-order valence-electron chi connectivity index (χ2n) is 8.05. The van der Waals surface area contributed by atoms with Gasteiger partial charge in [-0.25, -0.2) is 0 Å². The molecule has 2 aromatic rings. The lowest BCUT2D eigenvalue weighted by Gasteiger charge is -2.31. The minimum Gasteiger partial charge on any atom is -0.365 e. The summed E-state index contributed by atoms with van der Waals surface area (Å²) in [5.74, 6) is 1.12. The normalized spacial score (nSPS) is 16.2. The van der Waals surface area contributed by atoms with Crippen molar-refractivity contribution < 1.29 is 4.79 Å². The number of fused-ring (bicyclic) bond motifs is 1. The molecule has 0 aromatic heterocycles. The number of hydrogen-bond acceptors (Lipinski definition) is 3. The summed E-state index contributed by atoms with van der Waals surface area (Å²) in [5.41, 5.74) is 6.04. The Morgan fingerprint density at radius 3 is 2.79 bits per heavy atom. The number of amides is 1. The molecule has 4 rings (SSSR count). The fourth-order valence-electron chi connectivity index (χ4n) is 4.06. The van der Waals surface area contributed by atoms with E-state index in [0.29, 0.717) is 0 Å². The van der Waals surface area contributed by atoms with Crippen LogP contribution < -0.4 is 10.2 Å². The quantitative estimate of drug-likeness (QED) is 0.622. The minimum absolute atomic E-state index is 0.0371. The number of anilines is 1. The lowest BCUT2D eigenvalue weighted by molar-refractivity contribution is 0.0954. The third-order valence-corrected chi connectivity index (χ3v) is 6.83. The van der Waals surface area contributed by atoms with Crippen molar-refractivity contribution in [2.45, 2.75) is 50.5 Å². The van der Waals surface area contributed by atoms with Crippen LogP contribution in [0.1, 0.15) is 53.6 Å². The van der Waals surface area contributed by atoms with E-state index < -0.39 is 0 Å². The molecule has 2 aromatic carbocycles. The van der Waals surface area contributed by atoms with Gasteiger partial charge in [-0.2, -0.15) is 0 Å². The van der Waals surface area contributed by atoms with Crippen LogP contribution in [0.2, 0.25) is 0 Å². The first-order valence-corrected chi connectivity index (χ1v) is 11.7. The number of rotatable bonds is 6. The molecule has 0 radical (unpaired) electrons. The van der Waals surface area contributed by atoms with Crippen molar-refractivity contribution in [3.8, 4) is 0 Å². The van der Waals surface area contributed by atoms with Gasteiger partial charge in [0.1, 0.15) is 0 Å². The van der Waals surface area contributed by atoms with Crippen molar-refractivity contribution in [3.05, 3.63) is 70.8 Å². The molecular weight excluding hydrogens is 376 g/mol. The summed E-state index contributed by atoms with van der Waals surface area (Å²) in [7, 11) is 0. The molecule has 0 spiro atoms. The first-order chi connectivity index (χ1) is 14.2. The highest BCUT2D eigenvalue weighted by Gasteiger charge is 2.19. The predicted molar refractivity (Wildman–Crippen MR) is 123 cm³/mol. The molecule has 0 unspecified atom stereocenters. The first-order valence-electron chi connectivity index (χ1n) is 10.7. The smallest absolute Gasteiger partial charge is 0.251 e. The van der Waals surface area contributed by atoms with E-state index >= 15 is 0 Å². The van der Waals surface area contributed by atoms with Crippen LogP contribution in [0, 0.1) is 6.92 Å². The predicted octanol–water partition coefficient (Wildman–Crippen LogP) is 5.73. The number of thioether (sulfide) groups is 1. The van der Waals surface area contributed by atoms with Crippen LogP contribution in [0.5, 0.6) is 0 Å². The lowest BCUT2D eigenvalue weighted by atomic mass is 9.97. The Balaban J connectivity index is 1.42. The van der Waals surface area contributed by atoms with Crippen LogP contribution in [-0.4, -0.2) is 24.7 Å². The summed E-state index contributed by atoms with van der Waals surface area (Å²) in [4.78, 5) is 16.4. The van der Waals surface area contributed by atoms with Crippen LogP contribution in [0.4, 0.5) is 5.69 Å². The van der Waals surface area contributed by atoms with E-state index in [1.54, 1.807) is 0 Å². The van der Waals surface area contributed by atoms with Gasteiger partial charge >= 0.3 is 0 Å². The summed E-state index contributed by atoms with van der Waals surface area (Å²) in [6.07, 6.45) is 8.32. The SMILES string of the molecule is Cc1ccc(CN2CCSc3ccc(C(=O)NCCC4=CCCCC4)cc32)cc1. The number of hydrogen-bond donors (Lipinski definition) is 1. The van der Waals surface area contributed by atoms with Crippen LogP contribution in [0.3, 0.4) is 0 Å². The fourth-order valence-corrected chi connectivity index (χ4v) is 5.09. The molecule has 0 saturated heterocycles. The lowest BCUT2D eigenvalue weighted by Crippen LogP contribution is -2.30. The zero-order chi connectivity index (χ0) is 20.1. The summed E-state index contributed by atoms with van der Waals surface area (Å²) >= 11 is 1.88. The van der Waals surface area contributed by atoms with E-state index in [1.165, 1.54) is 53.0 Å². The standard InChI is InChI=1S/C25H30N2OS/c1-19-7-9-21(10-8-19)18-27-15-16-29-24-12-11-22(17-23(24)27)25(28)26-14-13-20-5-3-2-4-6-20/h5,7-12,17H,2-4,6,13-16,18H2,1H3,(H,26,28). The van der Waals surface area contributed by atoms with E-state index in [4.69, 9.17) is 0 Å². The van der Waals surface area contributed by atoms with E-state index in [1.807, 2.05) is 17.8 Å². The molecule has 1 aliphatic carbocycles. The Kier molecular flexibility index (Phi) is 6.60. The van der Waals surface area contributed by atoms with Gasteiger partial charge in [0.25, 0.3) is 5.91 Å². The number of allylic oxidation sites excluding steroid dienone is 1. The van der Waals surface area contributed by atoms with Gasteiger partial charge in [-0.05, 0) is 62.8 Å². The molecule has 0 saturated carbocycles. The van der Waals surface area contributed by atoms with Gasteiger partial charge in [0.05, 0.1) is 5.69 Å². The molecule has 4 heteroatoms. The van der Waals surface area contributed by atoms with Gasteiger partial charge in [-0.1, -0.05) is 41.5 Å². The van der Waals surface area contributed by atoms with Crippen molar-refractivity contribution >= 4 is 23.4 Å². The Hall–Kier alpha value is -2.20. The summed E-state index contributed by atoms with van der Waals surface area (Å²) < 4.78 is 0. The molecule has 1 aliphatic heterocycles. The van der Waals surface area contributed by atoms with Crippen molar-refractivity contribution in [2.75, 3.05) is 23.7 Å². The maximum Gasteiger partial charge on any atom is 0.251 e. The molecule has 2 aliphatic rings. The average molecular weight is 407 g/mol. The molecule has 1 amide bonds. The molecule has 0 fully saturated rings. The van der Waals surface area contributed by atoms with Gasteiger partial charge in [-0.15, -0.1) is 11.8 Å². The van der Waals surface area contributed by atoms with E-state index in [0.717, 1.165) is 37.4 Å². The van der Waals surface area contributed by atoms with Gasteiger partial charge in [-0.3, -0.25) is 4.79 Å². The third-order valence-electron chi connectivity index (χ3n) is 5.79. The number of carbonyl (C=O) groups is 1. The molecule has 1 heterocycles. The van der Waals surface area contributed by atoms with Gasteiger partial charge in [0, 0.05) is 35.8 Å². The van der Waals surface area contributed by atoms with Crippen LogP contribution in [0.15, 0.2) is 59.0 Å². The highest BCUT2D eigenvalue weighted by Crippen LogP contribution is 2.36. The van der Waals surface area contributed by atoms with Crippen LogP contribution >= 0.6 is 11.8 Å². The highest BCUT2D eigenvalue weighted by molar-refractivity contribution is 7.99. The second kappa shape index (κ2) is 9.53. The topological polar surface area (TPSA) is 32.3 Å². The Labute approximate surface area is 178 Å². The molecule has 1 N–H and O–H groups in total. The third kappa shape index (κ3) is 5.24. The number of benzene rings is 2. The zero-order valence-electron chi connectivity index (χ0n) is 17.2. The molecule has 29 heavy (non-hydrogen) atoms. The van der Waals surface area contributed by atoms with Crippen molar-refractivity contribution in [1.29, 1.82) is 0 Å². The van der Waals surface area contributed by atoms with Crippen molar-refractivity contribution in [1.82, 2.24) is 5.32 Å². The van der Waals surface area contributed by atoms with Crippen LogP contribution in [0.25, 0.3) is 0 Å². The van der Waals surface area contributed by atoms with E-state index in [9.17, 15) is 4.79 Å². The van der Waals surface area contributed by atoms with Crippen molar-refractivity contribution in [2.24, 2.45) is 0 Å². The second-order valence-corrected chi connectivity index (χ2v) is 9.19. The Morgan fingerprint density at radius 1 is 1.14 bits per heavy atom. The largest absolute Gasteiger partial charge is 0.365 e.